The Bertz CT molecular complexity index is 1500. The van der Waals surface area contributed by atoms with Gasteiger partial charge >= 0.3 is 0 Å². The smallest absolute Gasteiger partial charge is 0.255 e. The Morgan fingerprint density at radius 1 is 1.17 bits per heavy atom. The first-order chi connectivity index (χ1) is 19.4. The largest absolute Gasteiger partial charge is 0.510 e. The molecular formula is C30H35N3O8. The van der Waals surface area contributed by atoms with Gasteiger partial charge in [-0.15, -0.1) is 0 Å². The fraction of sp³-hybridized carbons (Fsp3) is 0.433. The van der Waals surface area contributed by atoms with E-state index in [2.05, 4.69) is 4.90 Å². The van der Waals surface area contributed by atoms with Crippen LogP contribution in [0.4, 0.5) is 0 Å². The maximum Gasteiger partial charge on any atom is 0.255 e. The lowest BCUT2D eigenvalue weighted by atomic mass is 9.58. The van der Waals surface area contributed by atoms with Crippen molar-refractivity contribution in [3.63, 3.8) is 0 Å². The summed E-state index contributed by atoms with van der Waals surface area (Å²) in [7, 11) is 3.19. The molecule has 1 amide bonds. The number of phenols is 1. The van der Waals surface area contributed by atoms with Crippen LogP contribution in [0.5, 0.6) is 5.75 Å². The SMILES string of the molecule is CCN(CC)Cc1cc(-c2ccoc2)c2c(c1O)C(=O)C1=C(O)[C@@]3(O)C(=O)C(C(N)=O)=C(O)[C@@H](N(C)C)[C@H]3C[C@@H]1C2. The molecule has 0 spiro atoms. The van der Waals surface area contributed by atoms with Gasteiger partial charge in [-0.1, -0.05) is 13.8 Å². The molecule has 1 heterocycles. The number of hydrogen-bond donors (Lipinski definition) is 5. The highest BCUT2D eigenvalue weighted by Crippen LogP contribution is 2.53. The number of aromatic hydroxyl groups is 1. The molecule has 1 aromatic heterocycles. The topological polar surface area (TPSA) is 178 Å². The van der Waals surface area contributed by atoms with E-state index in [1.807, 2.05) is 19.9 Å². The van der Waals surface area contributed by atoms with Crippen LogP contribution < -0.4 is 5.73 Å². The third kappa shape index (κ3) is 4.10. The van der Waals surface area contributed by atoms with E-state index in [-0.39, 0.29) is 29.7 Å². The maximum atomic E-state index is 14.2. The number of allylic oxidation sites excluding steroid dienone is 1. The van der Waals surface area contributed by atoms with Gasteiger partial charge in [0, 0.05) is 29.2 Å². The monoisotopic (exact) mass is 565 g/mol. The fourth-order valence-corrected chi connectivity index (χ4v) is 6.86. The van der Waals surface area contributed by atoms with E-state index < -0.39 is 58.0 Å². The van der Waals surface area contributed by atoms with E-state index in [4.69, 9.17) is 10.2 Å². The molecule has 11 heteroatoms. The molecule has 2 aromatic rings. The number of carbonyl (C=O) groups is 3. The zero-order valence-electron chi connectivity index (χ0n) is 23.5. The number of benzene rings is 1. The van der Waals surface area contributed by atoms with Crippen LogP contribution >= 0.6 is 0 Å². The summed E-state index contributed by atoms with van der Waals surface area (Å²) in [4.78, 5) is 43.5. The van der Waals surface area contributed by atoms with Crippen LogP contribution in [0, 0.1) is 11.8 Å². The third-order valence-electron chi connectivity index (χ3n) is 8.92. The molecule has 0 fully saturated rings. The van der Waals surface area contributed by atoms with Gasteiger partial charge in [0.1, 0.15) is 22.8 Å². The molecule has 0 saturated carbocycles. The highest BCUT2D eigenvalue weighted by molar-refractivity contribution is 6.25. The van der Waals surface area contributed by atoms with Crippen LogP contribution in [0.1, 0.15) is 41.8 Å². The Hall–Kier alpha value is -3.93. The van der Waals surface area contributed by atoms with Crippen LogP contribution in [0.2, 0.25) is 0 Å². The van der Waals surface area contributed by atoms with Crippen LogP contribution in [-0.4, -0.2) is 86.5 Å². The van der Waals surface area contributed by atoms with Gasteiger partial charge in [-0.3, -0.25) is 24.2 Å². The second kappa shape index (κ2) is 10.2. The quantitative estimate of drug-likeness (QED) is 0.313. The van der Waals surface area contributed by atoms with Crippen molar-refractivity contribution in [1.29, 1.82) is 0 Å². The summed E-state index contributed by atoms with van der Waals surface area (Å²) in [5.74, 6) is -6.66. The van der Waals surface area contributed by atoms with Crippen molar-refractivity contribution in [3.05, 3.63) is 64.0 Å². The summed E-state index contributed by atoms with van der Waals surface area (Å²) < 4.78 is 5.33. The Morgan fingerprint density at radius 2 is 1.85 bits per heavy atom. The Kier molecular flexibility index (Phi) is 7.09. The number of Topliss-reactive ketones (excluding diaryl/α,β-unsaturated/α-hetero) is 2. The standard InChI is InChI=1S/C30H35N3O8/c1-5-33(6-2)12-16-10-17(14-7-8-41-13-14)18-9-15-11-19-23(32(3)4)26(36)22(29(31)39)28(38)30(19,40)27(37)20(15)25(35)21(18)24(16)34/h7-8,10,13,15,19,23,34,36-37,40H,5-6,9,11-12H2,1-4H3,(H2,31,39)/t15-,19+,23-,30+/m0/s1. The zero-order valence-corrected chi connectivity index (χ0v) is 23.5. The van der Waals surface area contributed by atoms with Crippen LogP contribution in [0.25, 0.3) is 11.1 Å². The van der Waals surface area contributed by atoms with Gasteiger partial charge in [-0.05, 0) is 69.2 Å². The van der Waals surface area contributed by atoms with Gasteiger partial charge in [0.15, 0.2) is 11.4 Å². The number of ketones is 2. The van der Waals surface area contributed by atoms with E-state index in [0.717, 1.165) is 0 Å². The van der Waals surface area contributed by atoms with E-state index in [1.54, 1.807) is 26.4 Å². The molecule has 41 heavy (non-hydrogen) atoms. The Morgan fingerprint density at radius 3 is 2.41 bits per heavy atom. The molecule has 0 radical (unpaired) electrons. The highest BCUT2D eigenvalue weighted by atomic mass is 16.3. The van der Waals surface area contributed by atoms with E-state index in [1.165, 1.54) is 11.2 Å². The lowest BCUT2D eigenvalue weighted by molar-refractivity contribution is -0.148. The molecule has 6 N–H and O–H groups in total. The number of likely N-dealkylation sites (N-methyl/N-ethyl adjacent to an activating group) is 1. The molecular weight excluding hydrogens is 530 g/mol. The van der Waals surface area contributed by atoms with E-state index >= 15 is 0 Å². The number of phenolic OH excluding ortho intramolecular Hbond substituents is 1. The van der Waals surface area contributed by atoms with E-state index in [9.17, 15) is 34.8 Å². The molecule has 1 aromatic carbocycles. The summed E-state index contributed by atoms with van der Waals surface area (Å²) in [6, 6.07) is 2.56. The minimum Gasteiger partial charge on any atom is -0.510 e. The zero-order chi connectivity index (χ0) is 30.0. The number of primary amides is 1. The second-order valence-corrected chi connectivity index (χ2v) is 11.2. The molecule has 0 saturated heterocycles. The summed E-state index contributed by atoms with van der Waals surface area (Å²) in [5, 5.41) is 45.8. The van der Waals surface area contributed by atoms with Crippen LogP contribution in [0.15, 0.2) is 51.7 Å². The van der Waals surface area contributed by atoms with Gasteiger partial charge in [-0.25, -0.2) is 0 Å². The lowest BCUT2D eigenvalue weighted by Gasteiger charge is -2.50. The predicted octanol–water partition coefficient (Wildman–Crippen LogP) is 2.22. The van der Waals surface area contributed by atoms with Crippen molar-refractivity contribution in [2.75, 3.05) is 27.2 Å². The van der Waals surface area contributed by atoms with Gasteiger partial charge in [0.2, 0.25) is 5.78 Å². The van der Waals surface area contributed by atoms with Crippen molar-refractivity contribution in [1.82, 2.24) is 9.80 Å². The molecule has 0 unspecified atom stereocenters. The number of hydrogen-bond acceptors (Lipinski definition) is 10. The maximum absolute atomic E-state index is 14.2. The predicted molar refractivity (Wildman–Crippen MR) is 148 cm³/mol. The van der Waals surface area contributed by atoms with E-state index in [0.29, 0.717) is 41.9 Å². The molecule has 3 aliphatic carbocycles. The van der Waals surface area contributed by atoms with Crippen molar-refractivity contribution < 1.29 is 39.2 Å². The summed E-state index contributed by atoms with van der Waals surface area (Å²) in [6.07, 6.45) is 3.30. The summed E-state index contributed by atoms with van der Waals surface area (Å²) in [5.41, 5.74) is 4.19. The first-order valence-corrected chi connectivity index (χ1v) is 13.7. The van der Waals surface area contributed by atoms with Gasteiger partial charge in [-0.2, -0.15) is 0 Å². The Balaban J connectivity index is 1.74. The van der Waals surface area contributed by atoms with Gasteiger partial charge in [0.25, 0.3) is 5.91 Å². The number of carbonyl (C=O) groups excluding carboxylic acids is 3. The van der Waals surface area contributed by atoms with Crippen molar-refractivity contribution in [3.8, 4) is 16.9 Å². The first-order valence-electron chi connectivity index (χ1n) is 13.7. The molecule has 0 bridgehead atoms. The molecule has 4 atom stereocenters. The average molecular weight is 566 g/mol. The molecule has 0 aliphatic heterocycles. The number of rotatable bonds is 7. The normalized spacial score (nSPS) is 26.0. The number of nitrogens with zero attached hydrogens (tertiary/aromatic N) is 2. The summed E-state index contributed by atoms with van der Waals surface area (Å²) in [6.45, 7) is 5.76. The van der Waals surface area contributed by atoms with Crippen molar-refractivity contribution in [2.24, 2.45) is 17.6 Å². The Labute approximate surface area is 237 Å². The molecule has 3 aliphatic rings. The first kappa shape index (κ1) is 28.6. The highest BCUT2D eigenvalue weighted by Gasteiger charge is 2.63. The van der Waals surface area contributed by atoms with Gasteiger partial charge < -0.3 is 30.6 Å². The van der Waals surface area contributed by atoms with Crippen molar-refractivity contribution in [2.45, 2.75) is 44.9 Å². The average Bonchev–Trinajstić information content (AvgIpc) is 3.45. The van der Waals surface area contributed by atoms with Crippen LogP contribution in [-0.2, 0) is 22.6 Å². The summed E-state index contributed by atoms with van der Waals surface area (Å²) >= 11 is 0. The van der Waals surface area contributed by atoms with Crippen LogP contribution in [0.3, 0.4) is 0 Å². The molecule has 11 nitrogen and oxygen atoms in total. The number of amides is 1. The third-order valence-corrected chi connectivity index (χ3v) is 8.92. The molecule has 218 valence electrons. The fourth-order valence-electron chi connectivity index (χ4n) is 6.86. The number of furan rings is 1. The minimum atomic E-state index is -2.67. The number of aliphatic hydroxyl groups is 3. The lowest BCUT2D eigenvalue weighted by Crippen LogP contribution is -2.63. The van der Waals surface area contributed by atoms with Gasteiger partial charge in [0.05, 0.1) is 24.1 Å². The van der Waals surface area contributed by atoms with Crippen molar-refractivity contribution >= 4 is 17.5 Å². The minimum absolute atomic E-state index is 0.00774. The number of fused-ring (bicyclic) bond motifs is 3. The second-order valence-electron chi connectivity index (χ2n) is 11.2. The number of aliphatic hydroxyl groups excluding tert-OH is 2. The number of nitrogens with two attached hydrogens (primary N) is 1. The molecule has 5 rings (SSSR count).